The maximum absolute atomic E-state index is 14.0. The number of benzene rings is 4. The van der Waals surface area contributed by atoms with E-state index in [0.717, 1.165) is 11.1 Å². The summed E-state index contributed by atoms with van der Waals surface area (Å²) in [5, 5.41) is 10.5. The van der Waals surface area contributed by atoms with Crippen LogP contribution in [0, 0.1) is 17.1 Å². The minimum Gasteiger partial charge on any atom is -0.489 e. The molecule has 1 aliphatic heterocycles. The summed E-state index contributed by atoms with van der Waals surface area (Å²) in [6.07, 6.45) is 0.0675. The molecule has 5 rings (SSSR count). The number of nitrogens with zero attached hydrogens (tertiary/aromatic N) is 1. The summed E-state index contributed by atoms with van der Waals surface area (Å²) in [6.45, 7) is 0.0499. The molecule has 8 heteroatoms. The van der Waals surface area contributed by atoms with Crippen molar-refractivity contribution in [3.05, 3.63) is 136 Å². The number of hydrogen-bond acceptors (Lipinski definition) is 6. The van der Waals surface area contributed by atoms with Crippen molar-refractivity contribution >= 4 is 17.6 Å². The van der Waals surface area contributed by atoms with Gasteiger partial charge in [0.25, 0.3) is 0 Å². The van der Waals surface area contributed by atoms with Crippen molar-refractivity contribution in [3.63, 3.8) is 0 Å². The number of carbonyl (C=O) groups excluding carboxylic acids is 1. The van der Waals surface area contributed by atoms with Gasteiger partial charge in [-0.25, -0.2) is 4.39 Å². The molecule has 2 N–H and O–H groups in total. The first-order valence-electron chi connectivity index (χ1n) is 12.0. The average Bonchev–Trinajstić information content (AvgIpc) is 2.93. The first-order valence-corrected chi connectivity index (χ1v) is 12.4. The fourth-order valence-corrected chi connectivity index (χ4v) is 4.46. The zero-order valence-electron chi connectivity index (χ0n) is 20.6. The Kier molecular flexibility index (Phi) is 7.48. The predicted molar refractivity (Wildman–Crippen MR) is 144 cm³/mol. The van der Waals surface area contributed by atoms with Crippen molar-refractivity contribution in [1.29, 1.82) is 5.26 Å². The molecule has 0 aromatic heterocycles. The summed E-state index contributed by atoms with van der Waals surface area (Å²) < 4.78 is 31.1. The van der Waals surface area contributed by atoms with Gasteiger partial charge in [0.2, 0.25) is 5.88 Å². The minimum absolute atomic E-state index is 0.0441. The first-order chi connectivity index (χ1) is 18.9. The number of halogens is 2. The third-order valence-electron chi connectivity index (χ3n) is 6.23. The molecule has 0 bridgehead atoms. The molecule has 0 spiro atoms. The number of nitrogens with two attached hydrogens (primary N) is 1. The zero-order chi connectivity index (χ0) is 27.4. The van der Waals surface area contributed by atoms with Crippen LogP contribution in [0.5, 0.6) is 17.2 Å². The molecule has 39 heavy (non-hydrogen) atoms. The maximum Gasteiger partial charge on any atom is 0.315 e. The van der Waals surface area contributed by atoms with Crippen LogP contribution in [0.4, 0.5) is 4.39 Å². The van der Waals surface area contributed by atoms with E-state index in [1.807, 2.05) is 6.07 Å². The number of fused-ring (bicyclic) bond motifs is 1. The lowest BCUT2D eigenvalue weighted by atomic mass is 9.83. The summed E-state index contributed by atoms with van der Waals surface area (Å²) in [5.74, 6) is -0.239. The highest BCUT2D eigenvalue weighted by molar-refractivity contribution is 6.30. The van der Waals surface area contributed by atoms with Crippen LogP contribution in [0.1, 0.15) is 28.2 Å². The van der Waals surface area contributed by atoms with Crippen LogP contribution in [0.3, 0.4) is 0 Å². The quantitative estimate of drug-likeness (QED) is 0.214. The van der Waals surface area contributed by atoms with Crippen LogP contribution in [-0.4, -0.2) is 5.97 Å². The van der Waals surface area contributed by atoms with Crippen molar-refractivity contribution in [2.24, 2.45) is 5.73 Å². The molecule has 1 aliphatic rings. The summed E-state index contributed by atoms with van der Waals surface area (Å²) in [4.78, 5) is 12.5. The zero-order valence-corrected chi connectivity index (χ0v) is 21.3. The number of allylic oxidation sites excluding steroid dienone is 1. The Bertz CT molecular complexity index is 1610. The largest absolute Gasteiger partial charge is 0.489 e. The van der Waals surface area contributed by atoms with E-state index in [1.165, 1.54) is 6.07 Å². The topological polar surface area (TPSA) is 94.6 Å². The normalized spacial score (nSPS) is 14.1. The van der Waals surface area contributed by atoms with E-state index in [-0.39, 0.29) is 36.1 Å². The molecule has 4 aromatic rings. The van der Waals surface area contributed by atoms with Crippen LogP contribution < -0.4 is 19.9 Å². The number of nitriles is 1. The van der Waals surface area contributed by atoms with E-state index >= 15 is 0 Å². The SMILES string of the molecule is N#CC1=C(N)Oc2cc(OC(=O)Cc3ccc(Cl)cc3)ccc2C1c1cccc(OCc2ccccc2F)c1. The molecular weight excluding hydrogens is 519 g/mol. The first kappa shape index (κ1) is 25.8. The molecule has 194 valence electrons. The summed E-state index contributed by atoms with van der Waals surface area (Å²) in [6, 6.07) is 27.6. The van der Waals surface area contributed by atoms with Gasteiger partial charge < -0.3 is 19.9 Å². The van der Waals surface area contributed by atoms with Crippen LogP contribution in [0.25, 0.3) is 0 Å². The predicted octanol–water partition coefficient (Wildman–Crippen LogP) is 6.42. The Morgan fingerprint density at radius 2 is 1.79 bits per heavy atom. The Morgan fingerprint density at radius 3 is 2.56 bits per heavy atom. The highest BCUT2D eigenvalue weighted by atomic mass is 35.5. The molecular formula is C31H22ClFN2O4. The lowest BCUT2D eigenvalue weighted by Gasteiger charge is -2.27. The maximum atomic E-state index is 14.0. The van der Waals surface area contributed by atoms with Gasteiger partial charge in [-0.15, -0.1) is 0 Å². The molecule has 6 nitrogen and oxygen atoms in total. The monoisotopic (exact) mass is 540 g/mol. The standard InChI is InChI=1S/C31H22ClFN2O4/c32-22-10-8-19(9-11-22)14-29(36)38-24-12-13-25-28(16-24)39-31(35)26(17-34)30(25)20-5-3-6-23(15-20)37-18-21-4-1-2-7-27(21)33/h1-13,15-16,30H,14,18,35H2. The van der Waals surface area contributed by atoms with Gasteiger partial charge in [-0.2, -0.15) is 5.26 Å². The van der Waals surface area contributed by atoms with Gasteiger partial charge in [-0.1, -0.05) is 60.1 Å². The molecule has 0 amide bonds. The molecule has 0 saturated carbocycles. The fraction of sp³-hybridized carbons (Fsp3) is 0.0968. The van der Waals surface area contributed by atoms with Crippen molar-refractivity contribution in [2.75, 3.05) is 0 Å². The fourth-order valence-electron chi connectivity index (χ4n) is 4.34. The molecule has 1 heterocycles. The molecule has 0 saturated heterocycles. The summed E-state index contributed by atoms with van der Waals surface area (Å²) in [5.41, 5.74) is 8.97. The average molecular weight is 541 g/mol. The van der Waals surface area contributed by atoms with Crippen LogP contribution >= 0.6 is 11.6 Å². The Labute approximate surface area is 229 Å². The number of esters is 1. The van der Waals surface area contributed by atoms with E-state index in [4.69, 9.17) is 31.5 Å². The van der Waals surface area contributed by atoms with Crippen molar-refractivity contribution in [2.45, 2.75) is 18.9 Å². The number of ether oxygens (including phenoxy) is 3. The Balaban J connectivity index is 1.38. The van der Waals surface area contributed by atoms with Crippen LogP contribution in [0.2, 0.25) is 5.02 Å². The molecule has 0 radical (unpaired) electrons. The van der Waals surface area contributed by atoms with E-state index in [1.54, 1.807) is 78.9 Å². The molecule has 1 unspecified atom stereocenters. The second kappa shape index (κ2) is 11.3. The van der Waals surface area contributed by atoms with Crippen molar-refractivity contribution < 1.29 is 23.4 Å². The molecule has 1 atom stereocenters. The number of hydrogen-bond donors (Lipinski definition) is 1. The van der Waals surface area contributed by atoms with E-state index < -0.39 is 11.9 Å². The van der Waals surface area contributed by atoms with Gasteiger partial charge in [-0.05, 0) is 47.5 Å². The number of carbonyl (C=O) groups is 1. The van der Waals surface area contributed by atoms with Gasteiger partial charge in [0, 0.05) is 22.2 Å². The second-order valence-electron chi connectivity index (χ2n) is 8.85. The minimum atomic E-state index is -0.547. The molecule has 0 aliphatic carbocycles. The van der Waals surface area contributed by atoms with Crippen LogP contribution in [-0.2, 0) is 17.8 Å². The highest BCUT2D eigenvalue weighted by Crippen LogP contribution is 2.44. The van der Waals surface area contributed by atoms with Gasteiger partial charge in [-0.3, -0.25) is 4.79 Å². The third kappa shape index (κ3) is 5.87. The summed E-state index contributed by atoms with van der Waals surface area (Å²) >= 11 is 5.90. The van der Waals surface area contributed by atoms with E-state index in [9.17, 15) is 14.4 Å². The van der Waals surface area contributed by atoms with E-state index in [2.05, 4.69) is 6.07 Å². The van der Waals surface area contributed by atoms with Gasteiger partial charge >= 0.3 is 5.97 Å². The Hall–Kier alpha value is -4.80. The lowest BCUT2D eigenvalue weighted by Crippen LogP contribution is -2.21. The van der Waals surface area contributed by atoms with Crippen molar-refractivity contribution in [3.8, 4) is 23.3 Å². The summed E-state index contributed by atoms with van der Waals surface area (Å²) in [7, 11) is 0. The van der Waals surface area contributed by atoms with Crippen LogP contribution in [0.15, 0.2) is 102 Å². The third-order valence-corrected chi connectivity index (χ3v) is 6.48. The highest BCUT2D eigenvalue weighted by Gasteiger charge is 2.31. The van der Waals surface area contributed by atoms with E-state index in [0.29, 0.717) is 27.6 Å². The Morgan fingerprint density at radius 1 is 1.00 bits per heavy atom. The van der Waals surface area contributed by atoms with Gasteiger partial charge in [0.1, 0.15) is 41.3 Å². The molecule has 0 fully saturated rings. The number of rotatable bonds is 7. The van der Waals surface area contributed by atoms with Gasteiger partial charge in [0.15, 0.2) is 0 Å². The smallest absolute Gasteiger partial charge is 0.315 e. The lowest BCUT2D eigenvalue weighted by molar-refractivity contribution is -0.133. The molecule has 4 aromatic carbocycles. The van der Waals surface area contributed by atoms with Crippen molar-refractivity contribution in [1.82, 2.24) is 0 Å². The second-order valence-corrected chi connectivity index (χ2v) is 9.29. The van der Waals surface area contributed by atoms with Gasteiger partial charge in [0.05, 0.1) is 12.3 Å².